The molecule has 23 heavy (non-hydrogen) atoms. The molecule has 3 aromatic rings. The first-order valence-electron chi connectivity index (χ1n) is 7.54. The van der Waals surface area contributed by atoms with Crippen molar-refractivity contribution in [3.63, 3.8) is 0 Å². The third-order valence-electron chi connectivity index (χ3n) is 3.78. The standard InChI is InChI=1S/C18H18ClFN2O/c1-11(2)10-22-17-6-3-12(7-13(17)9-21-22)18(23)15-5-4-14(19)8-16(15)20/h3-9,11,18,23H,10H2,1-2H3/t18-/m0/s1. The summed E-state index contributed by atoms with van der Waals surface area (Å²) in [5, 5.41) is 16.1. The van der Waals surface area contributed by atoms with E-state index >= 15 is 0 Å². The number of hydrogen-bond donors (Lipinski definition) is 1. The summed E-state index contributed by atoms with van der Waals surface area (Å²) in [5.74, 6) is -0.0212. The first kappa shape index (κ1) is 16.0. The predicted molar refractivity (Wildman–Crippen MR) is 90.0 cm³/mol. The molecular weight excluding hydrogens is 315 g/mol. The van der Waals surface area contributed by atoms with Crippen LogP contribution < -0.4 is 0 Å². The van der Waals surface area contributed by atoms with Crippen LogP contribution in [0.3, 0.4) is 0 Å². The molecule has 2 aromatic carbocycles. The maximum Gasteiger partial charge on any atom is 0.130 e. The number of hydrogen-bond acceptors (Lipinski definition) is 2. The second kappa shape index (κ2) is 6.30. The molecule has 0 saturated heterocycles. The summed E-state index contributed by atoms with van der Waals surface area (Å²) in [6.07, 6.45) is 0.733. The van der Waals surface area contributed by atoms with Crippen LogP contribution in [-0.4, -0.2) is 14.9 Å². The van der Waals surface area contributed by atoms with E-state index in [0.29, 0.717) is 16.5 Å². The Balaban J connectivity index is 1.97. The van der Waals surface area contributed by atoms with Crippen molar-refractivity contribution in [2.24, 2.45) is 5.92 Å². The molecule has 0 aliphatic carbocycles. The van der Waals surface area contributed by atoms with Gasteiger partial charge in [0, 0.05) is 22.5 Å². The van der Waals surface area contributed by atoms with Crippen LogP contribution in [0.4, 0.5) is 4.39 Å². The van der Waals surface area contributed by atoms with E-state index in [9.17, 15) is 9.50 Å². The van der Waals surface area contributed by atoms with Gasteiger partial charge in [-0.1, -0.05) is 37.6 Å². The average molecular weight is 333 g/mol. The minimum Gasteiger partial charge on any atom is -0.384 e. The second-order valence-corrected chi connectivity index (χ2v) is 6.54. The van der Waals surface area contributed by atoms with Gasteiger partial charge in [-0.15, -0.1) is 0 Å². The van der Waals surface area contributed by atoms with Crippen LogP contribution in [0.1, 0.15) is 31.1 Å². The SMILES string of the molecule is CC(C)Cn1ncc2cc([C@H](O)c3ccc(Cl)cc3F)ccc21. The molecule has 5 heteroatoms. The van der Waals surface area contributed by atoms with E-state index in [-0.39, 0.29) is 5.56 Å². The van der Waals surface area contributed by atoms with Crippen LogP contribution in [0.15, 0.2) is 42.6 Å². The van der Waals surface area contributed by atoms with Crippen molar-refractivity contribution in [2.75, 3.05) is 0 Å². The van der Waals surface area contributed by atoms with E-state index in [0.717, 1.165) is 17.4 Å². The Morgan fingerprint density at radius 2 is 2.00 bits per heavy atom. The molecule has 0 aliphatic heterocycles. The lowest BCUT2D eigenvalue weighted by molar-refractivity contribution is 0.215. The minimum absolute atomic E-state index is 0.211. The summed E-state index contributed by atoms with van der Waals surface area (Å²) in [7, 11) is 0. The van der Waals surface area contributed by atoms with E-state index < -0.39 is 11.9 Å². The van der Waals surface area contributed by atoms with Crippen LogP contribution in [0.5, 0.6) is 0 Å². The number of rotatable bonds is 4. The number of aliphatic hydroxyl groups is 1. The first-order valence-corrected chi connectivity index (χ1v) is 7.92. The van der Waals surface area contributed by atoms with Gasteiger partial charge in [0.05, 0.1) is 11.7 Å². The van der Waals surface area contributed by atoms with Gasteiger partial charge in [0.1, 0.15) is 11.9 Å². The second-order valence-electron chi connectivity index (χ2n) is 6.11. The molecule has 0 unspecified atom stereocenters. The van der Waals surface area contributed by atoms with E-state index in [2.05, 4.69) is 18.9 Å². The minimum atomic E-state index is -1.04. The van der Waals surface area contributed by atoms with Crippen molar-refractivity contribution in [1.29, 1.82) is 0 Å². The Bertz CT molecular complexity index is 844. The fourth-order valence-corrected chi connectivity index (χ4v) is 2.83. The number of aliphatic hydroxyl groups excluding tert-OH is 1. The van der Waals surface area contributed by atoms with Crippen LogP contribution in [0.25, 0.3) is 10.9 Å². The molecule has 0 aliphatic rings. The topological polar surface area (TPSA) is 38.0 Å². The highest BCUT2D eigenvalue weighted by Crippen LogP contribution is 2.28. The molecule has 0 spiro atoms. The highest BCUT2D eigenvalue weighted by molar-refractivity contribution is 6.30. The van der Waals surface area contributed by atoms with Gasteiger partial charge in [0.2, 0.25) is 0 Å². The summed E-state index contributed by atoms with van der Waals surface area (Å²) < 4.78 is 15.9. The molecule has 1 N–H and O–H groups in total. The maximum absolute atomic E-state index is 14.0. The molecule has 3 nitrogen and oxygen atoms in total. The van der Waals surface area contributed by atoms with Crippen molar-refractivity contribution < 1.29 is 9.50 Å². The number of nitrogens with zero attached hydrogens (tertiary/aromatic N) is 2. The Hall–Kier alpha value is -1.91. The van der Waals surface area contributed by atoms with Gasteiger partial charge in [-0.25, -0.2) is 4.39 Å². The van der Waals surface area contributed by atoms with Gasteiger partial charge in [0.25, 0.3) is 0 Å². The molecule has 1 atom stereocenters. The molecule has 0 fully saturated rings. The molecule has 1 aromatic heterocycles. The molecule has 0 amide bonds. The lowest BCUT2D eigenvalue weighted by atomic mass is 10.00. The van der Waals surface area contributed by atoms with Gasteiger partial charge < -0.3 is 5.11 Å². The van der Waals surface area contributed by atoms with E-state index in [1.165, 1.54) is 12.1 Å². The number of fused-ring (bicyclic) bond motifs is 1. The van der Waals surface area contributed by atoms with Gasteiger partial charge in [-0.3, -0.25) is 4.68 Å². The van der Waals surface area contributed by atoms with Crippen molar-refractivity contribution in [3.8, 4) is 0 Å². The summed E-state index contributed by atoms with van der Waals surface area (Å²) in [6.45, 7) is 5.10. The highest BCUT2D eigenvalue weighted by atomic mass is 35.5. The summed E-state index contributed by atoms with van der Waals surface area (Å²) >= 11 is 5.76. The molecular formula is C18H18ClFN2O. The van der Waals surface area contributed by atoms with Crippen LogP contribution >= 0.6 is 11.6 Å². The Morgan fingerprint density at radius 1 is 1.22 bits per heavy atom. The normalized spacial score (nSPS) is 13.0. The molecule has 1 heterocycles. The quantitative estimate of drug-likeness (QED) is 0.760. The number of aromatic nitrogens is 2. The van der Waals surface area contributed by atoms with Gasteiger partial charge >= 0.3 is 0 Å². The average Bonchev–Trinajstić information content (AvgIpc) is 2.88. The zero-order chi connectivity index (χ0) is 16.6. The van der Waals surface area contributed by atoms with Crippen LogP contribution in [0.2, 0.25) is 5.02 Å². The molecule has 0 radical (unpaired) electrons. The summed E-state index contributed by atoms with van der Waals surface area (Å²) in [4.78, 5) is 0. The highest BCUT2D eigenvalue weighted by Gasteiger charge is 2.16. The van der Waals surface area contributed by atoms with Gasteiger partial charge in [-0.05, 0) is 35.7 Å². The third kappa shape index (κ3) is 3.23. The monoisotopic (exact) mass is 332 g/mol. The lowest BCUT2D eigenvalue weighted by Crippen LogP contribution is -2.06. The molecule has 0 bridgehead atoms. The van der Waals surface area contributed by atoms with Gasteiger partial charge in [0.15, 0.2) is 0 Å². The number of halogens is 2. The van der Waals surface area contributed by atoms with Crippen LogP contribution in [0, 0.1) is 11.7 Å². The largest absolute Gasteiger partial charge is 0.384 e. The third-order valence-corrected chi connectivity index (χ3v) is 4.01. The van der Waals surface area contributed by atoms with E-state index in [1.54, 1.807) is 18.3 Å². The van der Waals surface area contributed by atoms with Crippen LogP contribution in [-0.2, 0) is 6.54 Å². The summed E-state index contributed by atoms with van der Waals surface area (Å²) in [5.41, 5.74) is 1.84. The van der Waals surface area contributed by atoms with E-state index in [4.69, 9.17) is 11.6 Å². The zero-order valence-electron chi connectivity index (χ0n) is 13.0. The van der Waals surface area contributed by atoms with E-state index in [1.807, 2.05) is 16.8 Å². The predicted octanol–water partition coefficient (Wildman–Crippen LogP) is 4.57. The zero-order valence-corrected chi connectivity index (χ0v) is 13.8. The Labute approximate surface area is 139 Å². The Kier molecular flexibility index (Phi) is 4.37. The van der Waals surface area contributed by atoms with Gasteiger partial charge in [-0.2, -0.15) is 5.10 Å². The fraction of sp³-hybridized carbons (Fsp3) is 0.278. The summed E-state index contributed by atoms with van der Waals surface area (Å²) in [6, 6.07) is 9.85. The van der Waals surface area contributed by atoms with Crippen molar-refractivity contribution in [3.05, 3.63) is 64.6 Å². The Morgan fingerprint density at radius 3 is 2.70 bits per heavy atom. The van der Waals surface area contributed by atoms with Crippen molar-refractivity contribution in [2.45, 2.75) is 26.5 Å². The lowest BCUT2D eigenvalue weighted by Gasteiger charge is -2.13. The van der Waals surface area contributed by atoms with Crippen molar-refractivity contribution in [1.82, 2.24) is 9.78 Å². The fourth-order valence-electron chi connectivity index (χ4n) is 2.67. The smallest absolute Gasteiger partial charge is 0.130 e. The first-order chi connectivity index (χ1) is 11.0. The molecule has 120 valence electrons. The molecule has 3 rings (SSSR count). The number of benzene rings is 2. The maximum atomic E-state index is 14.0. The van der Waals surface area contributed by atoms with Crippen molar-refractivity contribution >= 4 is 22.5 Å². The molecule has 0 saturated carbocycles.